The fourth-order valence-corrected chi connectivity index (χ4v) is 4.19. The molecule has 2 aliphatic rings. The van der Waals surface area contributed by atoms with Crippen LogP contribution in [-0.2, 0) is 11.3 Å². The normalized spacial score (nSPS) is 16.0. The first-order valence-electron chi connectivity index (χ1n) is 9.28. The SMILES string of the molecule is CCOC(=O)N1CCC(=C2c3cc(Br)c(Cl)cc3OCc3cccnc32)CC1. The summed E-state index contributed by atoms with van der Waals surface area (Å²) in [5.41, 5.74) is 5.31. The summed E-state index contributed by atoms with van der Waals surface area (Å²) in [7, 11) is 0. The number of benzene rings is 1. The van der Waals surface area contributed by atoms with Crippen molar-refractivity contribution >= 4 is 39.2 Å². The average molecular weight is 464 g/mol. The van der Waals surface area contributed by atoms with Crippen molar-refractivity contribution in [3.63, 3.8) is 0 Å². The van der Waals surface area contributed by atoms with Crippen LogP contribution < -0.4 is 4.74 Å². The molecule has 0 saturated carbocycles. The number of ether oxygens (including phenoxy) is 2. The third-order valence-corrected chi connectivity index (χ3v) is 6.25. The monoisotopic (exact) mass is 462 g/mol. The number of fused-ring (bicyclic) bond motifs is 2. The van der Waals surface area contributed by atoms with Crippen LogP contribution in [0.3, 0.4) is 0 Å². The van der Waals surface area contributed by atoms with Crippen molar-refractivity contribution in [1.82, 2.24) is 9.88 Å². The summed E-state index contributed by atoms with van der Waals surface area (Å²) in [6.45, 7) is 3.92. The van der Waals surface area contributed by atoms with Gasteiger partial charge in [-0.05, 0) is 47.8 Å². The van der Waals surface area contributed by atoms with E-state index in [-0.39, 0.29) is 6.09 Å². The van der Waals surface area contributed by atoms with Crippen LogP contribution in [0.1, 0.15) is 36.6 Å². The molecule has 0 radical (unpaired) electrons. The number of aromatic nitrogens is 1. The standard InChI is InChI=1S/C21H20BrClN2O3/c1-2-27-21(26)25-8-5-13(6-9-25)19-15-10-16(22)17(23)11-18(15)28-12-14-4-3-7-24-20(14)19/h3-4,7,10-11H,2,5-6,8-9,12H2,1H3. The first kappa shape index (κ1) is 19.3. The quantitative estimate of drug-likeness (QED) is 0.565. The van der Waals surface area contributed by atoms with E-state index in [0.717, 1.165) is 45.5 Å². The number of hydrogen-bond acceptors (Lipinski definition) is 4. The molecule has 1 saturated heterocycles. The van der Waals surface area contributed by atoms with Crippen LogP contribution in [-0.4, -0.2) is 35.7 Å². The van der Waals surface area contributed by atoms with Crippen LogP contribution in [0.15, 0.2) is 40.5 Å². The molecule has 1 aromatic carbocycles. The van der Waals surface area contributed by atoms with Crippen LogP contribution in [0.2, 0.25) is 5.02 Å². The molecule has 28 heavy (non-hydrogen) atoms. The number of pyridine rings is 1. The topological polar surface area (TPSA) is 51.7 Å². The summed E-state index contributed by atoms with van der Waals surface area (Å²) in [4.78, 5) is 18.5. The molecule has 5 nitrogen and oxygen atoms in total. The number of rotatable bonds is 1. The molecule has 2 aliphatic heterocycles. The Morgan fingerprint density at radius 1 is 1.36 bits per heavy atom. The third-order valence-electron chi connectivity index (χ3n) is 5.05. The smallest absolute Gasteiger partial charge is 0.409 e. The highest BCUT2D eigenvalue weighted by Gasteiger charge is 2.28. The van der Waals surface area contributed by atoms with Crippen molar-refractivity contribution in [1.29, 1.82) is 0 Å². The van der Waals surface area contributed by atoms with E-state index in [1.807, 2.05) is 37.4 Å². The number of carbonyl (C=O) groups is 1. The molecule has 146 valence electrons. The van der Waals surface area contributed by atoms with Gasteiger partial charge >= 0.3 is 6.09 Å². The van der Waals surface area contributed by atoms with Gasteiger partial charge in [-0.15, -0.1) is 0 Å². The van der Waals surface area contributed by atoms with Gasteiger partial charge in [-0.1, -0.05) is 23.2 Å². The summed E-state index contributed by atoms with van der Waals surface area (Å²) in [6, 6.07) is 7.81. The maximum atomic E-state index is 12.0. The van der Waals surface area contributed by atoms with Gasteiger partial charge in [0.15, 0.2) is 0 Å². The van der Waals surface area contributed by atoms with E-state index < -0.39 is 0 Å². The zero-order valence-electron chi connectivity index (χ0n) is 15.5. The van der Waals surface area contributed by atoms with Gasteiger partial charge in [-0.25, -0.2) is 4.79 Å². The highest BCUT2D eigenvalue weighted by molar-refractivity contribution is 9.10. The third kappa shape index (κ3) is 3.63. The van der Waals surface area contributed by atoms with Gasteiger partial charge in [-0.2, -0.15) is 0 Å². The second kappa shape index (κ2) is 8.13. The van der Waals surface area contributed by atoms with Crippen LogP contribution in [0, 0.1) is 0 Å². The zero-order valence-corrected chi connectivity index (χ0v) is 17.8. The van der Waals surface area contributed by atoms with Crippen LogP contribution in [0.4, 0.5) is 4.79 Å². The fraction of sp³-hybridized carbons (Fsp3) is 0.333. The summed E-state index contributed by atoms with van der Waals surface area (Å²) < 4.78 is 12.0. The zero-order chi connectivity index (χ0) is 19.7. The second-order valence-electron chi connectivity index (χ2n) is 6.73. The molecule has 1 amide bonds. The van der Waals surface area contributed by atoms with E-state index >= 15 is 0 Å². The number of halogens is 2. The van der Waals surface area contributed by atoms with Gasteiger partial charge in [0, 0.05) is 46.5 Å². The second-order valence-corrected chi connectivity index (χ2v) is 7.99. The van der Waals surface area contributed by atoms with Crippen molar-refractivity contribution in [2.45, 2.75) is 26.4 Å². The Balaban J connectivity index is 1.79. The van der Waals surface area contributed by atoms with Gasteiger partial charge in [0.1, 0.15) is 12.4 Å². The molecule has 1 aromatic heterocycles. The molecular weight excluding hydrogens is 444 g/mol. The molecule has 3 heterocycles. The van der Waals surface area contributed by atoms with Crippen molar-refractivity contribution in [2.24, 2.45) is 0 Å². The maximum Gasteiger partial charge on any atom is 0.409 e. The predicted octanol–water partition coefficient (Wildman–Crippen LogP) is 5.44. The minimum absolute atomic E-state index is 0.246. The van der Waals surface area contributed by atoms with Gasteiger partial charge in [0.05, 0.1) is 17.3 Å². The minimum Gasteiger partial charge on any atom is -0.488 e. The molecule has 0 unspecified atom stereocenters. The van der Waals surface area contributed by atoms with Crippen LogP contribution in [0.25, 0.3) is 5.57 Å². The molecule has 2 aromatic rings. The number of hydrogen-bond donors (Lipinski definition) is 0. The molecular formula is C21H20BrClN2O3. The lowest BCUT2D eigenvalue weighted by atomic mass is 9.89. The van der Waals surface area contributed by atoms with E-state index in [1.54, 1.807) is 4.90 Å². The fourth-order valence-electron chi connectivity index (χ4n) is 3.69. The predicted molar refractivity (Wildman–Crippen MR) is 112 cm³/mol. The van der Waals surface area contributed by atoms with E-state index in [2.05, 4.69) is 20.9 Å². The molecule has 0 N–H and O–H groups in total. The Kier molecular flexibility index (Phi) is 5.60. The Hall–Kier alpha value is -2.05. The Morgan fingerprint density at radius 3 is 2.89 bits per heavy atom. The molecule has 0 bridgehead atoms. The van der Waals surface area contributed by atoms with E-state index in [9.17, 15) is 4.79 Å². The van der Waals surface area contributed by atoms with E-state index in [4.69, 9.17) is 21.1 Å². The van der Waals surface area contributed by atoms with Gasteiger partial charge in [0.25, 0.3) is 0 Å². The van der Waals surface area contributed by atoms with Crippen molar-refractivity contribution in [2.75, 3.05) is 19.7 Å². The van der Waals surface area contributed by atoms with Crippen molar-refractivity contribution in [3.05, 3.63) is 62.4 Å². The first-order valence-corrected chi connectivity index (χ1v) is 10.5. The molecule has 0 atom stereocenters. The Morgan fingerprint density at radius 2 is 2.14 bits per heavy atom. The molecule has 0 spiro atoms. The minimum atomic E-state index is -0.246. The lowest BCUT2D eigenvalue weighted by Crippen LogP contribution is -2.37. The number of amides is 1. The molecule has 4 rings (SSSR count). The number of likely N-dealkylation sites (tertiary alicyclic amines) is 1. The van der Waals surface area contributed by atoms with Gasteiger partial charge < -0.3 is 14.4 Å². The van der Waals surface area contributed by atoms with Crippen molar-refractivity contribution in [3.8, 4) is 5.75 Å². The lowest BCUT2D eigenvalue weighted by Gasteiger charge is -2.29. The Labute approximate surface area is 177 Å². The first-order chi connectivity index (χ1) is 13.6. The van der Waals surface area contributed by atoms with Crippen LogP contribution >= 0.6 is 27.5 Å². The van der Waals surface area contributed by atoms with Crippen molar-refractivity contribution < 1.29 is 14.3 Å². The highest BCUT2D eigenvalue weighted by atomic mass is 79.9. The number of carbonyl (C=O) groups excluding carboxylic acids is 1. The summed E-state index contributed by atoms with van der Waals surface area (Å²) >= 11 is 9.85. The summed E-state index contributed by atoms with van der Waals surface area (Å²) in [5.74, 6) is 0.751. The summed E-state index contributed by atoms with van der Waals surface area (Å²) in [5, 5.41) is 0.610. The highest BCUT2D eigenvalue weighted by Crippen LogP contribution is 2.43. The number of piperidine rings is 1. The van der Waals surface area contributed by atoms with Crippen LogP contribution in [0.5, 0.6) is 5.75 Å². The molecule has 7 heteroatoms. The van der Waals surface area contributed by atoms with Gasteiger partial charge in [0.2, 0.25) is 0 Å². The largest absolute Gasteiger partial charge is 0.488 e. The van der Waals surface area contributed by atoms with Gasteiger partial charge in [-0.3, -0.25) is 4.98 Å². The van der Waals surface area contributed by atoms with E-state index in [0.29, 0.717) is 31.3 Å². The number of nitrogens with zero attached hydrogens (tertiary/aromatic N) is 2. The summed E-state index contributed by atoms with van der Waals surface area (Å²) in [6.07, 6.45) is 3.10. The molecule has 0 aliphatic carbocycles. The molecule has 1 fully saturated rings. The van der Waals surface area contributed by atoms with E-state index in [1.165, 1.54) is 5.57 Å². The average Bonchev–Trinajstić information content (AvgIpc) is 2.86. The lowest BCUT2D eigenvalue weighted by molar-refractivity contribution is 0.104. The Bertz CT molecular complexity index is 951. The maximum absolute atomic E-state index is 12.0.